The summed E-state index contributed by atoms with van der Waals surface area (Å²) in [5.41, 5.74) is 0. The molecule has 1 aliphatic carbocycles. The molecule has 0 spiro atoms. The highest BCUT2D eigenvalue weighted by molar-refractivity contribution is 5.77. The molecule has 1 rings (SSSR count). The van der Waals surface area contributed by atoms with Crippen molar-refractivity contribution in [2.45, 2.75) is 58.4 Å². The third-order valence-electron chi connectivity index (χ3n) is 3.35. The fourth-order valence-corrected chi connectivity index (χ4v) is 2.56. The zero-order valence-electron chi connectivity index (χ0n) is 10.6. The molecule has 1 saturated carbocycles. The van der Waals surface area contributed by atoms with Crippen LogP contribution in [0.3, 0.4) is 0 Å². The lowest BCUT2D eigenvalue weighted by Gasteiger charge is -2.32. The van der Waals surface area contributed by atoms with Crippen molar-refractivity contribution in [1.82, 2.24) is 5.32 Å². The fourth-order valence-electron chi connectivity index (χ4n) is 2.56. The van der Waals surface area contributed by atoms with Crippen LogP contribution in [0.25, 0.3) is 0 Å². The van der Waals surface area contributed by atoms with Crippen LogP contribution >= 0.6 is 0 Å². The Morgan fingerprint density at radius 3 is 2.75 bits per heavy atom. The second-order valence-corrected chi connectivity index (χ2v) is 4.64. The summed E-state index contributed by atoms with van der Waals surface area (Å²) in [5, 5.41) is 3.12. The van der Waals surface area contributed by atoms with E-state index in [0.717, 1.165) is 6.42 Å². The molecule has 1 aliphatic rings. The van der Waals surface area contributed by atoms with E-state index in [9.17, 15) is 4.79 Å². The third-order valence-corrected chi connectivity index (χ3v) is 3.35. The lowest BCUT2D eigenvalue weighted by molar-refractivity contribution is -0.126. The first-order valence-electron chi connectivity index (χ1n) is 6.65. The zero-order valence-corrected chi connectivity index (χ0v) is 10.6. The minimum Gasteiger partial charge on any atom is -0.372 e. The van der Waals surface area contributed by atoms with E-state index in [1.54, 1.807) is 0 Å². The van der Waals surface area contributed by atoms with E-state index in [2.05, 4.69) is 12.2 Å². The maximum absolute atomic E-state index is 11.6. The topological polar surface area (TPSA) is 38.3 Å². The number of amides is 1. The fraction of sp³-hybridized carbons (Fsp3) is 0.923. The Kier molecular flexibility index (Phi) is 6.46. The van der Waals surface area contributed by atoms with E-state index in [1.165, 1.54) is 32.1 Å². The lowest BCUT2D eigenvalue weighted by atomic mass is 9.82. The van der Waals surface area contributed by atoms with Gasteiger partial charge in [0.1, 0.15) is 6.61 Å². The molecule has 0 radical (unpaired) electrons. The highest BCUT2D eigenvalue weighted by atomic mass is 16.5. The van der Waals surface area contributed by atoms with E-state index < -0.39 is 0 Å². The average molecular weight is 227 g/mol. The second-order valence-electron chi connectivity index (χ2n) is 4.64. The SMILES string of the molecule is CCCC1CCCCC1NC(=O)COCC. The van der Waals surface area contributed by atoms with E-state index in [1.807, 2.05) is 6.92 Å². The number of rotatable bonds is 6. The molecule has 0 saturated heterocycles. The van der Waals surface area contributed by atoms with Gasteiger partial charge in [-0.3, -0.25) is 4.79 Å². The van der Waals surface area contributed by atoms with Gasteiger partial charge in [0, 0.05) is 12.6 Å². The molecule has 2 unspecified atom stereocenters. The smallest absolute Gasteiger partial charge is 0.246 e. The summed E-state index contributed by atoms with van der Waals surface area (Å²) in [5.74, 6) is 0.735. The Morgan fingerprint density at radius 2 is 2.06 bits per heavy atom. The van der Waals surface area contributed by atoms with Crippen molar-refractivity contribution in [1.29, 1.82) is 0 Å². The van der Waals surface area contributed by atoms with Gasteiger partial charge in [-0.2, -0.15) is 0 Å². The molecule has 2 atom stereocenters. The van der Waals surface area contributed by atoms with Gasteiger partial charge >= 0.3 is 0 Å². The van der Waals surface area contributed by atoms with Crippen LogP contribution in [0.1, 0.15) is 52.4 Å². The minimum atomic E-state index is 0.0508. The standard InChI is InChI=1S/C13H25NO2/c1-3-7-11-8-5-6-9-12(11)14-13(15)10-16-4-2/h11-12H,3-10H2,1-2H3,(H,14,15). The Labute approximate surface area is 98.9 Å². The first kappa shape index (κ1) is 13.5. The van der Waals surface area contributed by atoms with Crippen LogP contribution in [0.5, 0.6) is 0 Å². The zero-order chi connectivity index (χ0) is 11.8. The molecular formula is C13H25NO2. The van der Waals surface area contributed by atoms with Crippen LogP contribution in [0.2, 0.25) is 0 Å². The molecule has 0 aliphatic heterocycles. The van der Waals surface area contributed by atoms with Gasteiger partial charge in [-0.15, -0.1) is 0 Å². The van der Waals surface area contributed by atoms with Crippen LogP contribution in [0, 0.1) is 5.92 Å². The van der Waals surface area contributed by atoms with Gasteiger partial charge in [-0.05, 0) is 32.1 Å². The molecule has 1 fully saturated rings. The predicted molar refractivity (Wildman–Crippen MR) is 65.3 cm³/mol. The van der Waals surface area contributed by atoms with Crippen LogP contribution in [-0.4, -0.2) is 25.2 Å². The first-order chi connectivity index (χ1) is 7.77. The monoisotopic (exact) mass is 227 g/mol. The highest BCUT2D eigenvalue weighted by Crippen LogP contribution is 2.27. The predicted octanol–water partition coefficient (Wildman–Crippen LogP) is 2.50. The molecule has 0 bridgehead atoms. The maximum Gasteiger partial charge on any atom is 0.246 e. The molecule has 1 amide bonds. The highest BCUT2D eigenvalue weighted by Gasteiger charge is 2.25. The molecular weight excluding hydrogens is 202 g/mol. The average Bonchev–Trinajstić information content (AvgIpc) is 2.29. The number of hydrogen-bond donors (Lipinski definition) is 1. The summed E-state index contributed by atoms with van der Waals surface area (Å²) in [6, 6.07) is 0.390. The number of ether oxygens (including phenoxy) is 1. The summed E-state index contributed by atoms with van der Waals surface area (Å²) in [6.07, 6.45) is 7.43. The Morgan fingerprint density at radius 1 is 1.31 bits per heavy atom. The van der Waals surface area contributed by atoms with Crippen molar-refractivity contribution >= 4 is 5.91 Å². The summed E-state index contributed by atoms with van der Waals surface area (Å²) in [4.78, 5) is 11.6. The van der Waals surface area contributed by atoms with Gasteiger partial charge < -0.3 is 10.1 Å². The molecule has 0 aromatic carbocycles. The molecule has 3 nitrogen and oxygen atoms in total. The van der Waals surface area contributed by atoms with Crippen LogP contribution in [-0.2, 0) is 9.53 Å². The molecule has 1 N–H and O–H groups in total. The Hall–Kier alpha value is -0.570. The van der Waals surface area contributed by atoms with E-state index in [4.69, 9.17) is 4.74 Å². The molecule has 0 heterocycles. The minimum absolute atomic E-state index is 0.0508. The summed E-state index contributed by atoms with van der Waals surface area (Å²) < 4.78 is 5.12. The molecule has 0 aromatic heterocycles. The van der Waals surface area contributed by atoms with E-state index >= 15 is 0 Å². The van der Waals surface area contributed by atoms with Crippen LogP contribution in [0.4, 0.5) is 0 Å². The number of hydrogen-bond acceptors (Lipinski definition) is 2. The van der Waals surface area contributed by atoms with Crippen molar-refractivity contribution < 1.29 is 9.53 Å². The van der Waals surface area contributed by atoms with Gasteiger partial charge in [0.05, 0.1) is 0 Å². The summed E-state index contributed by atoms with van der Waals surface area (Å²) in [6.45, 7) is 4.95. The Balaban J connectivity index is 2.33. The van der Waals surface area contributed by atoms with E-state index in [-0.39, 0.29) is 12.5 Å². The van der Waals surface area contributed by atoms with Gasteiger partial charge in [0.2, 0.25) is 5.91 Å². The van der Waals surface area contributed by atoms with Crippen molar-refractivity contribution in [2.24, 2.45) is 5.92 Å². The second kappa shape index (κ2) is 7.66. The number of nitrogens with one attached hydrogen (secondary N) is 1. The largest absolute Gasteiger partial charge is 0.372 e. The third kappa shape index (κ3) is 4.52. The van der Waals surface area contributed by atoms with Crippen LogP contribution in [0.15, 0.2) is 0 Å². The van der Waals surface area contributed by atoms with Gasteiger partial charge in [0.25, 0.3) is 0 Å². The lowest BCUT2D eigenvalue weighted by Crippen LogP contribution is -2.43. The summed E-state index contributed by atoms with van der Waals surface area (Å²) >= 11 is 0. The first-order valence-corrected chi connectivity index (χ1v) is 6.65. The van der Waals surface area contributed by atoms with Gasteiger partial charge in [-0.25, -0.2) is 0 Å². The molecule has 16 heavy (non-hydrogen) atoms. The quantitative estimate of drug-likeness (QED) is 0.757. The number of carbonyl (C=O) groups is 1. The van der Waals surface area contributed by atoms with Gasteiger partial charge in [0.15, 0.2) is 0 Å². The maximum atomic E-state index is 11.6. The van der Waals surface area contributed by atoms with Crippen molar-refractivity contribution in [3.8, 4) is 0 Å². The molecule has 3 heteroatoms. The molecule has 0 aromatic rings. The van der Waals surface area contributed by atoms with Crippen LogP contribution < -0.4 is 5.32 Å². The van der Waals surface area contributed by atoms with Crippen molar-refractivity contribution in [3.05, 3.63) is 0 Å². The van der Waals surface area contributed by atoms with Crippen molar-refractivity contribution in [3.63, 3.8) is 0 Å². The Bertz CT molecular complexity index is 204. The normalized spacial score (nSPS) is 25.4. The number of carbonyl (C=O) groups excluding carboxylic acids is 1. The van der Waals surface area contributed by atoms with Crippen molar-refractivity contribution in [2.75, 3.05) is 13.2 Å². The molecule has 94 valence electrons. The van der Waals surface area contributed by atoms with E-state index in [0.29, 0.717) is 18.6 Å². The van der Waals surface area contributed by atoms with Gasteiger partial charge in [-0.1, -0.05) is 26.2 Å². The summed E-state index contributed by atoms with van der Waals surface area (Å²) in [7, 11) is 0.